The summed E-state index contributed by atoms with van der Waals surface area (Å²) in [5.41, 5.74) is 0. The lowest BCUT2D eigenvalue weighted by atomic mass is 10.3. The van der Waals surface area contributed by atoms with Gasteiger partial charge in [0.05, 0.1) is 7.11 Å². The average Bonchev–Trinajstić information content (AvgIpc) is 2.42. The first-order chi connectivity index (χ1) is 9.17. The molecule has 0 heterocycles. The van der Waals surface area contributed by atoms with E-state index in [4.69, 9.17) is 14.6 Å². The van der Waals surface area contributed by atoms with Gasteiger partial charge in [0.25, 0.3) is 0 Å². The van der Waals surface area contributed by atoms with E-state index < -0.39 is 0 Å². The topological polar surface area (TPSA) is 41.9 Å². The molecular formula is C15H25NO3. The Morgan fingerprint density at radius 3 is 2.58 bits per heavy atom. The second-order valence-corrected chi connectivity index (χ2v) is 4.73. The van der Waals surface area contributed by atoms with Gasteiger partial charge in [-0.05, 0) is 32.4 Å². The second kappa shape index (κ2) is 8.77. The third-order valence-corrected chi connectivity index (χ3v) is 3.02. The molecule has 0 saturated carbocycles. The highest BCUT2D eigenvalue weighted by Crippen LogP contribution is 2.18. The molecule has 0 fully saturated rings. The highest BCUT2D eigenvalue weighted by Gasteiger charge is 2.08. The highest BCUT2D eigenvalue weighted by molar-refractivity contribution is 5.32. The van der Waals surface area contributed by atoms with E-state index in [-0.39, 0.29) is 6.61 Å². The van der Waals surface area contributed by atoms with Crippen molar-refractivity contribution in [1.82, 2.24) is 4.90 Å². The maximum atomic E-state index is 8.89. The number of rotatable bonds is 9. The van der Waals surface area contributed by atoms with Crippen molar-refractivity contribution < 1.29 is 14.6 Å². The van der Waals surface area contributed by atoms with Crippen molar-refractivity contribution >= 4 is 0 Å². The number of hydrogen-bond acceptors (Lipinski definition) is 4. The molecule has 1 rings (SSSR count). The van der Waals surface area contributed by atoms with E-state index in [1.165, 1.54) is 0 Å². The summed E-state index contributed by atoms with van der Waals surface area (Å²) in [4.78, 5) is 2.30. The van der Waals surface area contributed by atoms with E-state index >= 15 is 0 Å². The molecule has 0 unspecified atom stereocenters. The highest BCUT2D eigenvalue weighted by atomic mass is 16.5. The molecule has 0 amide bonds. The fourth-order valence-electron chi connectivity index (χ4n) is 1.87. The van der Waals surface area contributed by atoms with Crippen LogP contribution in [0.25, 0.3) is 0 Å². The van der Waals surface area contributed by atoms with E-state index in [1.807, 2.05) is 24.3 Å². The minimum Gasteiger partial charge on any atom is -0.497 e. The van der Waals surface area contributed by atoms with E-state index in [1.54, 1.807) is 7.11 Å². The van der Waals surface area contributed by atoms with Gasteiger partial charge in [0.15, 0.2) is 0 Å². The van der Waals surface area contributed by atoms with Gasteiger partial charge in [0, 0.05) is 31.8 Å². The Balaban J connectivity index is 2.38. The molecule has 0 aliphatic carbocycles. The zero-order chi connectivity index (χ0) is 14.1. The van der Waals surface area contributed by atoms with Crippen molar-refractivity contribution in [1.29, 1.82) is 0 Å². The maximum absolute atomic E-state index is 8.89. The molecule has 0 aliphatic rings. The first-order valence-electron chi connectivity index (χ1n) is 6.79. The Labute approximate surface area is 115 Å². The Kier molecular flexibility index (Phi) is 7.30. The predicted molar refractivity (Wildman–Crippen MR) is 76.9 cm³/mol. The lowest BCUT2D eigenvalue weighted by molar-refractivity contribution is 0.160. The van der Waals surface area contributed by atoms with Gasteiger partial charge in [-0.15, -0.1) is 0 Å². The number of aliphatic hydroxyl groups excluding tert-OH is 1. The van der Waals surface area contributed by atoms with Crippen LogP contribution in [0.15, 0.2) is 24.3 Å². The minimum atomic E-state index is 0.236. The summed E-state index contributed by atoms with van der Waals surface area (Å²) < 4.78 is 10.9. The number of ether oxygens (including phenoxy) is 2. The lowest BCUT2D eigenvalue weighted by Gasteiger charge is -2.26. The monoisotopic (exact) mass is 267 g/mol. The summed E-state index contributed by atoms with van der Waals surface area (Å²) in [6.07, 6.45) is 0.803. The molecule has 4 heteroatoms. The zero-order valence-corrected chi connectivity index (χ0v) is 12.1. The van der Waals surface area contributed by atoms with Crippen LogP contribution in [0.4, 0.5) is 0 Å². The molecular weight excluding hydrogens is 242 g/mol. The lowest BCUT2D eigenvalue weighted by Crippen LogP contribution is -2.35. The summed E-state index contributed by atoms with van der Waals surface area (Å²) in [6.45, 7) is 6.94. The van der Waals surface area contributed by atoms with E-state index in [0.717, 1.165) is 31.0 Å². The van der Waals surface area contributed by atoms with Crippen LogP contribution < -0.4 is 9.47 Å². The maximum Gasteiger partial charge on any atom is 0.123 e. The van der Waals surface area contributed by atoms with Crippen LogP contribution >= 0.6 is 0 Å². The van der Waals surface area contributed by atoms with Gasteiger partial charge < -0.3 is 14.6 Å². The van der Waals surface area contributed by atoms with Gasteiger partial charge in [0.1, 0.15) is 18.1 Å². The van der Waals surface area contributed by atoms with Crippen molar-refractivity contribution in [2.45, 2.75) is 26.3 Å². The minimum absolute atomic E-state index is 0.236. The molecule has 4 nitrogen and oxygen atoms in total. The molecule has 0 aromatic heterocycles. The quantitative estimate of drug-likeness (QED) is 0.744. The van der Waals surface area contributed by atoms with Crippen molar-refractivity contribution in [3.63, 3.8) is 0 Å². The molecule has 0 radical (unpaired) electrons. The SMILES string of the molecule is COc1cccc(OCCN(CCCO)C(C)C)c1. The van der Waals surface area contributed by atoms with Crippen LogP contribution in [-0.2, 0) is 0 Å². The van der Waals surface area contributed by atoms with Gasteiger partial charge in [0.2, 0.25) is 0 Å². The molecule has 0 bridgehead atoms. The number of nitrogens with zero attached hydrogens (tertiary/aromatic N) is 1. The molecule has 1 aromatic rings. The zero-order valence-electron chi connectivity index (χ0n) is 12.1. The third-order valence-electron chi connectivity index (χ3n) is 3.02. The van der Waals surface area contributed by atoms with Crippen molar-refractivity contribution in [3.05, 3.63) is 24.3 Å². The fourth-order valence-corrected chi connectivity index (χ4v) is 1.87. The van der Waals surface area contributed by atoms with Gasteiger partial charge in [-0.25, -0.2) is 0 Å². The van der Waals surface area contributed by atoms with Gasteiger partial charge in [-0.1, -0.05) is 6.07 Å². The summed E-state index contributed by atoms with van der Waals surface area (Å²) >= 11 is 0. The average molecular weight is 267 g/mol. The van der Waals surface area contributed by atoms with Gasteiger partial charge in [-0.3, -0.25) is 4.90 Å². The first kappa shape index (κ1) is 15.8. The van der Waals surface area contributed by atoms with E-state index in [9.17, 15) is 0 Å². The Hall–Kier alpha value is -1.26. The molecule has 0 spiro atoms. The summed E-state index contributed by atoms with van der Waals surface area (Å²) in [7, 11) is 1.65. The van der Waals surface area contributed by atoms with Crippen LogP contribution in [0.5, 0.6) is 11.5 Å². The number of aliphatic hydroxyl groups is 1. The van der Waals surface area contributed by atoms with Crippen LogP contribution in [-0.4, -0.2) is 49.5 Å². The molecule has 108 valence electrons. The predicted octanol–water partition coefficient (Wildman–Crippen LogP) is 2.17. The van der Waals surface area contributed by atoms with Crippen LogP contribution in [0.1, 0.15) is 20.3 Å². The van der Waals surface area contributed by atoms with E-state index in [0.29, 0.717) is 12.6 Å². The van der Waals surface area contributed by atoms with Gasteiger partial charge >= 0.3 is 0 Å². The molecule has 0 saturated heterocycles. The first-order valence-corrected chi connectivity index (χ1v) is 6.79. The van der Waals surface area contributed by atoms with Crippen LogP contribution in [0.3, 0.4) is 0 Å². The second-order valence-electron chi connectivity index (χ2n) is 4.73. The Morgan fingerprint density at radius 1 is 1.21 bits per heavy atom. The molecule has 19 heavy (non-hydrogen) atoms. The van der Waals surface area contributed by atoms with Crippen molar-refractivity contribution in [2.24, 2.45) is 0 Å². The summed E-state index contributed by atoms with van der Waals surface area (Å²) in [5, 5.41) is 8.89. The number of methoxy groups -OCH3 is 1. The van der Waals surface area contributed by atoms with Crippen molar-refractivity contribution in [3.8, 4) is 11.5 Å². The molecule has 1 aromatic carbocycles. The van der Waals surface area contributed by atoms with E-state index in [2.05, 4.69) is 18.7 Å². The fraction of sp³-hybridized carbons (Fsp3) is 0.600. The summed E-state index contributed by atoms with van der Waals surface area (Å²) in [6, 6.07) is 8.08. The van der Waals surface area contributed by atoms with Gasteiger partial charge in [-0.2, -0.15) is 0 Å². The summed E-state index contributed by atoms with van der Waals surface area (Å²) in [5.74, 6) is 1.63. The van der Waals surface area contributed by atoms with Crippen LogP contribution in [0, 0.1) is 0 Å². The normalized spacial score (nSPS) is 11.1. The van der Waals surface area contributed by atoms with Crippen molar-refractivity contribution in [2.75, 3.05) is 33.4 Å². The number of hydrogen-bond donors (Lipinski definition) is 1. The molecule has 0 atom stereocenters. The molecule has 1 N–H and O–H groups in total. The Bertz CT molecular complexity index is 355. The smallest absolute Gasteiger partial charge is 0.123 e. The van der Waals surface area contributed by atoms with Crippen LogP contribution in [0.2, 0.25) is 0 Å². The number of benzene rings is 1. The largest absolute Gasteiger partial charge is 0.497 e. The molecule has 0 aliphatic heterocycles. The third kappa shape index (κ3) is 5.94. The standard InChI is InChI=1S/C15H25NO3/c1-13(2)16(8-5-10-17)9-11-19-15-7-4-6-14(12-15)18-3/h4,6-7,12-13,17H,5,8-11H2,1-3H3. The Morgan fingerprint density at radius 2 is 1.95 bits per heavy atom.